The van der Waals surface area contributed by atoms with Gasteiger partial charge >= 0.3 is 5.91 Å². The van der Waals surface area contributed by atoms with E-state index in [1.54, 1.807) is 23.7 Å². The zero-order valence-electron chi connectivity index (χ0n) is 17.0. The van der Waals surface area contributed by atoms with Crippen LogP contribution in [0.2, 0.25) is 0 Å². The van der Waals surface area contributed by atoms with Gasteiger partial charge in [0.25, 0.3) is 5.78 Å². The first-order chi connectivity index (χ1) is 14.4. The topological polar surface area (TPSA) is 70.5 Å². The number of nitrogens with zero attached hydrogens (tertiary/aromatic N) is 2. The Kier molecular flexibility index (Phi) is 5.26. The molecule has 3 aromatic rings. The maximum absolute atomic E-state index is 13.0. The van der Waals surface area contributed by atoms with Crippen molar-refractivity contribution in [1.82, 2.24) is 4.98 Å². The third-order valence-corrected chi connectivity index (χ3v) is 6.08. The quantitative estimate of drug-likeness (QED) is 0.359. The first-order valence-electron chi connectivity index (χ1n) is 9.76. The number of benzene rings is 2. The third kappa shape index (κ3) is 3.44. The van der Waals surface area contributed by atoms with Crippen LogP contribution in [0.25, 0.3) is 5.76 Å². The molecule has 4 rings (SSSR count). The van der Waals surface area contributed by atoms with Gasteiger partial charge in [0, 0.05) is 17.1 Å². The molecule has 0 spiro atoms. The number of aliphatic hydroxyl groups excluding tert-OH is 1. The number of Topliss-reactive ketones (excluding diaryl/α,β-unsaturated/α-hetero) is 1. The Balaban J connectivity index is 1.90. The smallest absolute Gasteiger partial charge is 0.301 e. The minimum atomic E-state index is -0.737. The van der Waals surface area contributed by atoms with E-state index in [1.807, 2.05) is 43.3 Å². The molecule has 6 heteroatoms. The van der Waals surface area contributed by atoms with E-state index in [0.29, 0.717) is 16.6 Å². The van der Waals surface area contributed by atoms with E-state index in [1.165, 1.54) is 16.2 Å². The number of hydrogen-bond donors (Lipinski definition) is 1. The van der Waals surface area contributed by atoms with E-state index >= 15 is 0 Å². The fraction of sp³-hybridized carbons (Fsp3) is 0.208. The van der Waals surface area contributed by atoms with Crippen LogP contribution >= 0.6 is 11.3 Å². The highest BCUT2D eigenvalue weighted by atomic mass is 32.1. The number of ketones is 1. The second-order valence-electron chi connectivity index (χ2n) is 7.67. The molecule has 0 saturated carbocycles. The largest absolute Gasteiger partial charge is 0.507 e. The van der Waals surface area contributed by atoms with Crippen LogP contribution in [0.15, 0.2) is 65.7 Å². The predicted octanol–water partition coefficient (Wildman–Crippen LogP) is 5.20. The van der Waals surface area contributed by atoms with Gasteiger partial charge in [-0.1, -0.05) is 67.9 Å². The van der Waals surface area contributed by atoms with Gasteiger partial charge < -0.3 is 5.11 Å². The molecule has 1 atom stereocenters. The van der Waals surface area contributed by atoms with Crippen LogP contribution in [0.5, 0.6) is 0 Å². The normalized spacial score (nSPS) is 18.4. The second kappa shape index (κ2) is 7.88. The Bertz CT molecular complexity index is 1110. The van der Waals surface area contributed by atoms with Crippen LogP contribution in [0.4, 0.5) is 5.13 Å². The molecule has 1 N–H and O–H groups in total. The average Bonchev–Trinajstić information content (AvgIpc) is 3.35. The molecule has 1 fully saturated rings. The van der Waals surface area contributed by atoms with Crippen molar-refractivity contribution < 1.29 is 14.7 Å². The maximum atomic E-state index is 13.0. The average molecular weight is 419 g/mol. The molecule has 152 valence electrons. The highest BCUT2D eigenvalue weighted by Gasteiger charge is 2.47. The van der Waals surface area contributed by atoms with Gasteiger partial charge in [0.1, 0.15) is 5.76 Å². The van der Waals surface area contributed by atoms with Crippen molar-refractivity contribution in [3.8, 4) is 0 Å². The molecule has 1 unspecified atom stereocenters. The van der Waals surface area contributed by atoms with Gasteiger partial charge in [-0.2, -0.15) is 0 Å². The van der Waals surface area contributed by atoms with Crippen LogP contribution < -0.4 is 4.90 Å². The molecule has 0 aliphatic carbocycles. The molecule has 1 aromatic heterocycles. The minimum absolute atomic E-state index is 0.0800. The molecule has 2 heterocycles. The molecule has 0 radical (unpaired) electrons. The summed E-state index contributed by atoms with van der Waals surface area (Å²) in [5.41, 5.74) is 3.53. The minimum Gasteiger partial charge on any atom is -0.507 e. The summed E-state index contributed by atoms with van der Waals surface area (Å²) in [7, 11) is 0. The van der Waals surface area contributed by atoms with Crippen molar-refractivity contribution in [2.45, 2.75) is 32.7 Å². The van der Waals surface area contributed by atoms with Crippen molar-refractivity contribution in [2.24, 2.45) is 0 Å². The number of aliphatic hydroxyl groups is 1. The van der Waals surface area contributed by atoms with E-state index < -0.39 is 17.7 Å². The molecule has 1 saturated heterocycles. The monoisotopic (exact) mass is 418 g/mol. The standard InChI is InChI=1S/C24H22N2O3S/c1-14(2)16-8-10-17(11-9-16)20-19(21(27)18-6-4-15(3)5-7-18)22(28)23(29)26(20)24-25-12-13-30-24/h4-14,20,27H,1-3H3/b21-19+. The number of carbonyl (C=O) groups excluding carboxylic acids is 2. The van der Waals surface area contributed by atoms with Crippen molar-refractivity contribution >= 4 is 33.9 Å². The van der Waals surface area contributed by atoms with Gasteiger partial charge in [0.15, 0.2) is 5.13 Å². The molecular weight excluding hydrogens is 396 g/mol. The summed E-state index contributed by atoms with van der Waals surface area (Å²) in [5.74, 6) is -1.21. The van der Waals surface area contributed by atoms with Gasteiger partial charge in [0.2, 0.25) is 0 Å². The highest BCUT2D eigenvalue weighted by Crippen LogP contribution is 2.42. The van der Waals surface area contributed by atoms with Gasteiger partial charge in [-0.15, -0.1) is 11.3 Å². The molecule has 5 nitrogen and oxygen atoms in total. The lowest BCUT2D eigenvalue weighted by molar-refractivity contribution is -0.132. The fourth-order valence-corrected chi connectivity index (χ4v) is 4.28. The molecule has 2 aromatic carbocycles. The summed E-state index contributed by atoms with van der Waals surface area (Å²) in [6.45, 7) is 6.16. The lowest BCUT2D eigenvalue weighted by atomic mass is 9.93. The van der Waals surface area contributed by atoms with E-state index in [4.69, 9.17) is 0 Å². The second-order valence-corrected chi connectivity index (χ2v) is 8.54. The predicted molar refractivity (Wildman–Crippen MR) is 119 cm³/mol. The van der Waals surface area contributed by atoms with E-state index in [2.05, 4.69) is 18.8 Å². The number of hydrogen-bond acceptors (Lipinski definition) is 5. The summed E-state index contributed by atoms with van der Waals surface area (Å²) in [6, 6.07) is 14.3. The number of thiazole rings is 1. The van der Waals surface area contributed by atoms with Gasteiger partial charge in [-0.25, -0.2) is 4.98 Å². The molecule has 1 amide bonds. The molecule has 30 heavy (non-hydrogen) atoms. The lowest BCUT2D eigenvalue weighted by Crippen LogP contribution is -2.29. The number of aromatic nitrogens is 1. The SMILES string of the molecule is Cc1ccc(/C(O)=C2\C(=O)C(=O)N(c3nccs3)C2c2ccc(C(C)C)cc2)cc1. The van der Waals surface area contributed by atoms with E-state index in [0.717, 1.165) is 16.7 Å². The van der Waals surface area contributed by atoms with Crippen molar-refractivity contribution in [3.63, 3.8) is 0 Å². The summed E-state index contributed by atoms with van der Waals surface area (Å²) in [5, 5.41) is 13.2. The zero-order valence-corrected chi connectivity index (χ0v) is 17.8. The Morgan fingerprint density at radius 1 is 1.07 bits per heavy atom. The Morgan fingerprint density at radius 3 is 2.30 bits per heavy atom. The Labute approximate surface area is 179 Å². The first kappa shape index (κ1) is 20.0. The molecule has 0 bridgehead atoms. The van der Waals surface area contributed by atoms with Crippen molar-refractivity contribution in [1.29, 1.82) is 0 Å². The van der Waals surface area contributed by atoms with Gasteiger partial charge in [0.05, 0.1) is 11.6 Å². The number of carbonyl (C=O) groups is 2. The Morgan fingerprint density at radius 2 is 1.73 bits per heavy atom. The zero-order chi connectivity index (χ0) is 21.4. The van der Waals surface area contributed by atoms with Crippen LogP contribution in [-0.2, 0) is 9.59 Å². The van der Waals surface area contributed by atoms with E-state index in [-0.39, 0.29) is 11.3 Å². The van der Waals surface area contributed by atoms with E-state index in [9.17, 15) is 14.7 Å². The third-order valence-electron chi connectivity index (χ3n) is 5.31. The van der Waals surface area contributed by atoms with Crippen LogP contribution in [-0.4, -0.2) is 21.8 Å². The number of aryl methyl sites for hydroxylation is 1. The maximum Gasteiger partial charge on any atom is 0.301 e. The number of amides is 1. The van der Waals surface area contributed by atoms with Crippen molar-refractivity contribution in [2.75, 3.05) is 4.90 Å². The van der Waals surface area contributed by atoms with Crippen LogP contribution in [0.1, 0.15) is 48.1 Å². The molecular formula is C24H22N2O3S. The van der Waals surface area contributed by atoms with Gasteiger partial charge in [-0.05, 0) is 24.0 Å². The van der Waals surface area contributed by atoms with Crippen LogP contribution in [0, 0.1) is 6.92 Å². The number of rotatable bonds is 4. The highest BCUT2D eigenvalue weighted by molar-refractivity contribution is 7.14. The first-order valence-corrected chi connectivity index (χ1v) is 10.6. The van der Waals surface area contributed by atoms with Gasteiger partial charge in [-0.3, -0.25) is 14.5 Å². The lowest BCUT2D eigenvalue weighted by Gasteiger charge is -2.23. The molecule has 1 aliphatic rings. The molecule has 1 aliphatic heterocycles. The number of anilines is 1. The fourth-order valence-electron chi connectivity index (χ4n) is 3.61. The summed E-state index contributed by atoms with van der Waals surface area (Å²) >= 11 is 1.28. The van der Waals surface area contributed by atoms with Crippen LogP contribution in [0.3, 0.4) is 0 Å². The summed E-state index contributed by atoms with van der Waals surface area (Å²) < 4.78 is 0. The Hall–Kier alpha value is -3.25. The summed E-state index contributed by atoms with van der Waals surface area (Å²) in [4.78, 5) is 31.6. The van der Waals surface area contributed by atoms with Crippen molar-refractivity contribution in [3.05, 3.63) is 87.9 Å². The summed E-state index contributed by atoms with van der Waals surface area (Å²) in [6.07, 6.45) is 1.60.